The lowest BCUT2D eigenvalue weighted by Crippen LogP contribution is -1.87. The Hall–Kier alpha value is -1.51. The van der Waals surface area contributed by atoms with E-state index in [4.69, 9.17) is 9.94 Å². The first-order chi connectivity index (χ1) is 5.86. The van der Waals surface area contributed by atoms with Crippen LogP contribution >= 0.6 is 0 Å². The summed E-state index contributed by atoms with van der Waals surface area (Å²) in [6.45, 7) is 0. The number of ether oxygens (including phenoxy) is 1. The van der Waals surface area contributed by atoms with Crippen molar-refractivity contribution in [2.24, 2.45) is 5.16 Å². The van der Waals surface area contributed by atoms with Gasteiger partial charge in [0.1, 0.15) is 5.75 Å². The first-order valence-electron chi connectivity index (χ1n) is 3.65. The first-order valence-corrected chi connectivity index (χ1v) is 3.65. The number of hydrogen-bond acceptors (Lipinski definition) is 3. The van der Waals surface area contributed by atoms with Crippen molar-refractivity contribution < 1.29 is 9.94 Å². The highest BCUT2D eigenvalue weighted by molar-refractivity contribution is 5.60. The molecule has 64 valence electrons. The van der Waals surface area contributed by atoms with Crippen LogP contribution in [0.4, 0.5) is 0 Å². The SMILES string of the molecule is COc1ccc(CC=NO)cc1. The Bertz CT molecular complexity index is 254. The van der Waals surface area contributed by atoms with Gasteiger partial charge in [-0.1, -0.05) is 12.1 Å². The molecule has 3 nitrogen and oxygen atoms in total. The molecular formula is C9H11NO2. The van der Waals surface area contributed by atoms with Crippen LogP contribution in [0.3, 0.4) is 0 Å². The third-order valence-electron chi connectivity index (χ3n) is 1.57. The third kappa shape index (κ3) is 2.27. The van der Waals surface area contributed by atoms with Gasteiger partial charge >= 0.3 is 0 Å². The van der Waals surface area contributed by atoms with Crippen molar-refractivity contribution in [3.63, 3.8) is 0 Å². The predicted octanol–water partition coefficient (Wildman–Crippen LogP) is 1.70. The number of rotatable bonds is 3. The van der Waals surface area contributed by atoms with Crippen LogP contribution in [0, 0.1) is 0 Å². The molecule has 0 saturated heterocycles. The number of hydrogen-bond donors (Lipinski definition) is 1. The van der Waals surface area contributed by atoms with Crippen molar-refractivity contribution in [1.29, 1.82) is 0 Å². The molecule has 0 aliphatic carbocycles. The van der Waals surface area contributed by atoms with Crippen LogP contribution in [-0.4, -0.2) is 18.5 Å². The molecule has 0 aromatic heterocycles. The van der Waals surface area contributed by atoms with Crippen LogP contribution in [0.25, 0.3) is 0 Å². The summed E-state index contributed by atoms with van der Waals surface area (Å²) < 4.78 is 4.99. The topological polar surface area (TPSA) is 41.8 Å². The smallest absolute Gasteiger partial charge is 0.118 e. The lowest BCUT2D eigenvalue weighted by Gasteiger charge is -1.99. The second-order valence-corrected chi connectivity index (χ2v) is 2.35. The van der Waals surface area contributed by atoms with E-state index in [2.05, 4.69) is 5.16 Å². The fraction of sp³-hybridized carbons (Fsp3) is 0.222. The molecule has 0 spiro atoms. The van der Waals surface area contributed by atoms with Crippen molar-refractivity contribution in [2.75, 3.05) is 7.11 Å². The Labute approximate surface area is 71.3 Å². The van der Waals surface area contributed by atoms with E-state index in [1.165, 1.54) is 6.21 Å². The molecule has 1 aromatic carbocycles. The van der Waals surface area contributed by atoms with E-state index in [0.29, 0.717) is 6.42 Å². The minimum Gasteiger partial charge on any atom is -0.497 e. The summed E-state index contributed by atoms with van der Waals surface area (Å²) in [7, 11) is 1.63. The molecule has 0 aliphatic heterocycles. The molecule has 0 bridgehead atoms. The minimum atomic E-state index is 0.639. The van der Waals surface area contributed by atoms with Gasteiger partial charge in [0.2, 0.25) is 0 Å². The van der Waals surface area contributed by atoms with Crippen LogP contribution in [0.1, 0.15) is 5.56 Å². The van der Waals surface area contributed by atoms with Crippen molar-refractivity contribution in [2.45, 2.75) is 6.42 Å². The maximum Gasteiger partial charge on any atom is 0.118 e. The highest BCUT2D eigenvalue weighted by Crippen LogP contribution is 2.10. The van der Waals surface area contributed by atoms with E-state index < -0.39 is 0 Å². The average molecular weight is 165 g/mol. The number of benzene rings is 1. The Morgan fingerprint density at radius 3 is 2.58 bits per heavy atom. The van der Waals surface area contributed by atoms with Crippen LogP contribution in [0.15, 0.2) is 29.4 Å². The van der Waals surface area contributed by atoms with Crippen molar-refractivity contribution in [3.8, 4) is 5.75 Å². The van der Waals surface area contributed by atoms with Crippen molar-refractivity contribution in [1.82, 2.24) is 0 Å². The van der Waals surface area contributed by atoms with E-state index in [0.717, 1.165) is 11.3 Å². The fourth-order valence-electron chi connectivity index (χ4n) is 0.908. The largest absolute Gasteiger partial charge is 0.497 e. The molecule has 0 heterocycles. The van der Waals surface area contributed by atoms with Gasteiger partial charge in [-0.2, -0.15) is 0 Å². The molecule has 1 N–H and O–H groups in total. The minimum absolute atomic E-state index is 0.639. The van der Waals surface area contributed by atoms with Crippen LogP contribution in [0.5, 0.6) is 5.75 Å². The van der Waals surface area contributed by atoms with Gasteiger partial charge in [0.05, 0.1) is 7.11 Å². The van der Waals surface area contributed by atoms with E-state index in [1.807, 2.05) is 24.3 Å². The van der Waals surface area contributed by atoms with Gasteiger partial charge < -0.3 is 9.94 Å². The van der Waals surface area contributed by atoms with Gasteiger partial charge in [-0.25, -0.2) is 0 Å². The maximum atomic E-state index is 8.17. The number of nitrogens with zero attached hydrogens (tertiary/aromatic N) is 1. The van der Waals surface area contributed by atoms with Crippen molar-refractivity contribution >= 4 is 6.21 Å². The van der Waals surface area contributed by atoms with Gasteiger partial charge in [0.15, 0.2) is 0 Å². The Kier molecular flexibility index (Phi) is 3.14. The summed E-state index contributed by atoms with van der Waals surface area (Å²) in [5, 5.41) is 11.1. The molecule has 0 saturated carbocycles. The molecular weight excluding hydrogens is 154 g/mol. The lowest BCUT2D eigenvalue weighted by atomic mass is 10.2. The molecule has 1 aromatic rings. The molecule has 0 amide bonds. The molecule has 0 atom stereocenters. The Morgan fingerprint density at radius 1 is 1.42 bits per heavy atom. The zero-order valence-electron chi connectivity index (χ0n) is 6.90. The molecule has 0 unspecified atom stereocenters. The monoisotopic (exact) mass is 165 g/mol. The average Bonchev–Trinajstić information content (AvgIpc) is 2.15. The van der Waals surface area contributed by atoms with Gasteiger partial charge in [-0.15, -0.1) is 5.16 Å². The van der Waals surface area contributed by atoms with Crippen LogP contribution < -0.4 is 4.74 Å². The lowest BCUT2D eigenvalue weighted by molar-refractivity contribution is 0.321. The summed E-state index contributed by atoms with van der Waals surface area (Å²) in [4.78, 5) is 0. The molecule has 1 rings (SSSR count). The van der Waals surface area contributed by atoms with Gasteiger partial charge in [0.25, 0.3) is 0 Å². The van der Waals surface area contributed by atoms with Crippen LogP contribution in [0.2, 0.25) is 0 Å². The zero-order chi connectivity index (χ0) is 8.81. The molecule has 0 aliphatic rings. The molecule has 12 heavy (non-hydrogen) atoms. The van der Waals surface area contributed by atoms with Gasteiger partial charge in [-0.05, 0) is 17.7 Å². The molecule has 0 fully saturated rings. The summed E-state index contributed by atoms with van der Waals surface area (Å²) >= 11 is 0. The summed E-state index contributed by atoms with van der Waals surface area (Å²) in [6, 6.07) is 7.61. The van der Waals surface area contributed by atoms with Crippen LogP contribution in [-0.2, 0) is 6.42 Å². The number of oxime groups is 1. The summed E-state index contributed by atoms with van der Waals surface area (Å²) in [5.74, 6) is 0.833. The van der Waals surface area contributed by atoms with E-state index in [-0.39, 0.29) is 0 Å². The first kappa shape index (κ1) is 8.59. The third-order valence-corrected chi connectivity index (χ3v) is 1.57. The standard InChI is InChI=1S/C9H11NO2/c1-12-9-4-2-8(3-5-9)6-7-10-11/h2-5,7,11H,6H2,1H3. The summed E-state index contributed by atoms with van der Waals surface area (Å²) in [5.41, 5.74) is 1.09. The number of methoxy groups -OCH3 is 1. The maximum absolute atomic E-state index is 8.17. The van der Waals surface area contributed by atoms with E-state index >= 15 is 0 Å². The summed E-state index contributed by atoms with van der Waals surface area (Å²) in [6.07, 6.45) is 2.09. The second-order valence-electron chi connectivity index (χ2n) is 2.35. The normalized spacial score (nSPS) is 10.4. The zero-order valence-corrected chi connectivity index (χ0v) is 6.90. The Balaban J connectivity index is 2.64. The van der Waals surface area contributed by atoms with E-state index in [1.54, 1.807) is 7.11 Å². The second kappa shape index (κ2) is 4.38. The van der Waals surface area contributed by atoms with Gasteiger partial charge in [-0.3, -0.25) is 0 Å². The van der Waals surface area contributed by atoms with Crippen molar-refractivity contribution in [3.05, 3.63) is 29.8 Å². The molecule has 0 radical (unpaired) electrons. The quantitative estimate of drug-likeness (QED) is 0.420. The Morgan fingerprint density at radius 2 is 2.08 bits per heavy atom. The van der Waals surface area contributed by atoms with Gasteiger partial charge in [0, 0.05) is 12.6 Å². The highest BCUT2D eigenvalue weighted by atomic mass is 16.5. The van der Waals surface area contributed by atoms with E-state index in [9.17, 15) is 0 Å². The highest BCUT2D eigenvalue weighted by Gasteiger charge is 1.91. The predicted molar refractivity (Wildman–Crippen MR) is 47.0 cm³/mol. The molecule has 3 heteroatoms. The fourth-order valence-corrected chi connectivity index (χ4v) is 0.908.